The normalized spacial score (nSPS) is 29.3. The van der Waals surface area contributed by atoms with Crippen LogP contribution in [0.15, 0.2) is 0 Å². The molecule has 1 unspecified atom stereocenters. The highest BCUT2D eigenvalue weighted by molar-refractivity contribution is 7.91. The van der Waals surface area contributed by atoms with Crippen LogP contribution in [0.4, 0.5) is 0 Å². The monoisotopic (exact) mass is 300 g/mol. The molecule has 0 aromatic carbocycles. The lowest BCUT2D eigenvalue weighted by Gasteiger charge is -2.26. The summed E-state index contributed by atoms with van der Waals surface area (Å²) in [4.78, 5) is 6.16. The zero-order valence-corrected chi connectivity index (χ0v) is 12.9. The molecule has 1 N–H and O–H groups in total. The number of fused-ring (bicyclic) bond motifs is 1. The second-order valence-electron chi connectivity index (χ2n) is 5.55. The molecule has 0 saturated carbocycles. The molecular formula is C13H20N2O2S2. The van der Waals surface area contributed by atoms with Crippen LogP contribution in [0.3, 0.4) is 0 Å². The maximum atomic E-state index is 11.9. The van der Waals surface area contributed by atoms with Crippen molar-refractivity contribution >= 4 is 21.2 Å². The first kappa shape index (κ1) is 13.5. The molecule has 1 fully saturated rings. The summed E-state index contributed by atoms with van der Waals surface area (Å²) in [7, 11) is -2.92. The third kappa shape index (κ3) is 2.45. The van der Waals surface area contributed by atoms with Crippen molar-refractivity contribution in [3.63, 3.8) is 0 Å². The Hall–Kier alpha value is -0.460. The van der Waals surface area contributed by atoms with Gasteiger partial charge in [0.1, 0.15) is 5.01 Å². The van der Waals surface area contributed by atoms with Crippen molar-refractivity contribution < 1.29 is 8.42 Å². The molecule has 0 bridgehead atoms. The molecule has 1 aromatic rings. The average molecular weight is 300 g/mol. The van der Waals surface area contributed by atoms with E-state index in [0.717, 1.165) is 24.4 Å². The Labute approximate surface area is 118 Å². The molecule has 0 spiro atoms. The van der Waals surface area contributed by atoms with Crippen LogP contribution in [-0.4, -0.2) is 31.5 Å². The highest BCUT2D eigenvalue weighted by atomic mass is 32.2. The second kappa shape index (κ2) is 4.82. The Kier molecular flexibility index (Phi) is 3.43. The van der Waals surface area contributed by atoms with Crippen LogP contribution in [0.1, 0.15) is 41.8 Å². The number of sulfone groups is 1. The number of hydrogen-bond donors (Lipinski definition) is 1. The standard InChI is InChI=1S/C13H20N2O2S2/c1-2-14-13(7-8-19(16,17)9-13)12-15-10-5-3-4-6-11(10)18-12/h14H,2-9H2,1H3. The molecule has 1 saturated heterocycles. The van der Waals surface area contributed by atoms with E-state index in [4.69, 9.17) is 4.98 Å². The van der Waals surface area contributed by atoms with E-state index in [1.807, 2.05) is 6.92 Å². The Bertz CT molecular complexity index is 556. The number of thiazole rings is 1. The molecule has 2 aliphatic rings. The van der Waals surface area contributed by atoms with Crippen molar-refractivity contribution in [1.82, 2.24) is 10.3 Å². The number of nitrogens with zero attached hydrogens (tertiary/aromatic N) is 1. The zero-order valence-electron chi connectivity index (χ0n) is 11.2. The van der Waals surface area contributed by atoms with Gasteiger partial charge in [0.25, 0.3) is 0 Å². The van der Waals surface area contributed by atoms with Gasteiger partial charge in [0.05, 0.1) is 22.7 Å². The van der Waals surface area contributed by atoms with E-state index in [9.17, 15) is 8.42 Å². The van der Waals surface area contributed by atoms with Gasteiger partial charge in [-0.05, 0) is 38.6 Å². The fraction of sp³-hybridized carbons (Fsp3) is 0.769. The highest BCUT2D eigenvalue weighted by Gasteiger charge is 2.45. The molecule has 106 valence electrons. The minimum Gasteiger partial charge on any atom is -0.305 e. The lowest BCUT2D eigenvalue weighted by Crippen LogP contribution is -2.43. The van der Waals surface area contributed by atoms with Crippen LogP contribution in [0, 0.1) is 0 Å². The van der Waals surface area contributed by atoms with Gasteiger partial charge in [-0.2, -0.15) is 0 Å². The van der Waals surface area contributed by atoms with E-state index < -0.39 is 15.4 Å². The van der Waals surface area contributed by atoms with E-state index in [1.165, 1.54) is 23.4 Å². The van der Waals surface area contributed by atoms with Gasteiger partial charge >= 0.3 is 0 Å². The molecule has 1 aliphatic heterocycles. The van der Waals surface area contributed by atoms with Gasteiger partial charge < -0.3 is 5.32 Å². The predicted molar refractivity (Wildman–Crippen MR) is 77.4 cm³/mol. The van der Waals surface area contributed by atoms with Gasteiger partial charge in [-0.1, -0.05) is 6.92 Å². The summed E-state index contributed by atoms with van der Waals surface area (Å²) in [5.41, 5.74) is 0.795. The van der Waals surface area contributed by atoms with Crippen LogP contribution >= 0.6 is 11.3 Å². The molecule has 1 atom stereocenters. The first-order chi connectivity index (χ1) is 9.05. The molecule has 0 radical (unpaired) electrons. The highest BCUT2D eigenvalue weighted by Crippen LogP contribution is 2.38. The number of hydrogen-bond acceptors (Lipinski definition) is 5. The van der Waals surface area contributed by atoms with E-state index in [1.54, 1.807) is 11.3 Å². The molecular weight excluding hydrogens is 280 g/mol. The summed E-state index contributed by atoms with van der Waals surface area (Å²) in [5, 5.41) is 4.41. The summed E-state index contributed by atoms with van der Waals surface area (Å²) < 4.78 is 23.7. The largest absolute Gasteiger partial charge is 0.305 e. The summed E-state index contributed by atoms with van der Waals surface area (Å²) in [6.07, 6.45) is 5.28. The minimum atomic E-state index is -2.92. The van der Waals surface area contributed by atoms with E-state index in [0.29, 0.717) is 6.42 Å². The molecule has 1 aromatic heterocycles. The van der Waals surface area contributed by atoms with E-state index >= 15 is 0 Å². The van der Waals surface area contributed by atoms with Crippen molar-refractivity contribution in [2.24, 2.45) is 0 Å². The first-order valence-electron chi connectivity index (χ1n) is 6.99. The summed E-state index contributed by atoms with van der Waals surface area (Å²) in [6.45, 7) is 2.81. The smallest absolute Gasteiger partial charge is 0.152 e. The maximum Gasteiger partial charge on any atom is 0.152 e. The molecule has 2 heterocycles. The minimum absolute atomic E-state index is 0.209. The van der Waals surface area contributed by atoms with Crippen LogP contribution in [0.5, 0.6) is 0 Å². The van der Waals surface area contributed by atoms with Crippen LogP contribution < -0.4 is 5.32 Å². The number of rotatable bonds is 3. The SMILES string of the molecule is CCNC1(c2nc3c(s2)CCCC3)CCS(=O)(=O)C1. The van der Waals surface area contributed by atoms with Crippen molar-refractivity contribution in [3.8, 4) is 0 Å². The lowest BCUT2D eigenvalue weighted by atomic mass is 9.99. The van der Waals surface area contributed by atoms with Crippen molar-refractivity contribution in [3.05, 3.63) is 15.6 Å². The van der Waals surface area contributed by atoms with E-state index in [-0.39, 0.29) is 11.5 Å². The Morgan fingerprint density at radius 2 is 2.16 bits per heavy atom. The Balaban J connectivity index is 1.99. The fourth-order valence-electron chi connectivity index (χ4n) is 3.13. The summed E-state index contributed by atoms with van der Waals surface area (Å²) in [5.74, 6) is 0.491. The Morgan fingerprint density at radius 3 is 2.79 bits per heavy atom. The average Bonchev–Trinajstić information content (AvgIpc) is 2.92. The quantitative estimate of drug-likeness (QED) is 0.922. The molecule has 6 heteroatoms. The topological polar surface area (TPSA) is 59.1 Å². The number of nitrogens with one attached hydrogen (secondary N) is 1. The predicted octanol–water partition coefficient (Wildman–Crippen LogP) is 1.65. The summed E-state index contributed by atoms with van der Waals surface area (Å²) in [6, 6.07) is 0. The molecule has 3 rings (SSSR count). The van der Waals surface area contributed by atoms with Crippen LogP contribution in [0.2, 0.25) is 0 Å². The number of aryl methyl sites for hydroxylation is 2. The van der Waals surface area contributed by atoms with Gasteiger partial charge in [-0.25, -0.2) is 13.4 Å². The zero-order chi connectivity index (χ0) is 13.5. The van der Waals surface area contributed by atoms with Crippen molar-refractivity contribution in [1.29, 1.82) is 0 Å². The maximum absolute atomic E-state index is 11.9. The third-order valence-electron chi connectivity index (χ3n) is 4.08. The summed E-state index contributed by atoms with van der Waals surface area (Å²) >= 11 is 1.73. The van der Waals surface area contributed by atoms with Gasteiger partial charge in [-0.15, -0.1) is 11.3 Å². The van der Waals surface area contributed by atoms with Crippen LogP contribution in [-0.2, 0) is 28.2 Å². The molecule has 4 nitrogen and oxygen atoms in total. The molecule has 0 amide bonds. The first-order valence-corrected chi connectivity index (χ1v) is 9.63. The van der Waals surface area contributed by atoms with Gasteiger partial charge in [0.2, 0.25) is 0 Å². The van der Waals surface area contributed by atoms with Gasteiger partial charge in [-0.3, -0.25) is 0 Å². The van der Waals surface area contributed by atoms with E-state index in [2.05, 4.69) is 5.32 Å². The number of aromatic nitrogens is 1. The lowest BCUT2D eigenvalue weighted by molar-refractivity contribution is 0.383. The molecule has 1 aliphatic carbocycles. The van der Waals surface area contributed by atoms with Crippen molar-refractivity contribution in [2.75, 3.05) is 18.1 Å². The second-order valence-corrected chi connectivity index (χ2v) is 8.82. The van der Waals surface area contributed by atoms with Gasteiger partial charge in [0, 0.05) is 4.88 Å². The molecule has 19 heavy (non-hydrogen) atoms. The van der Waals surface area contributed by atoms with Crippen molar-refractivity contribution in [2.45, 2.75) is 44.6 Å². The fourth-order valence-corrected chi connectivity index (χ4v) is 6.50. The Morgan fingerprint density at radius 1 is 1.37 bits per heavy atom. The third-order valence-corrected chi connectivity index (χ3v) is 7.20. The van der Waals surface area contributed by atoms with Crippen LogP contribution in [0.25, 0.3) is 0 Å². The van der Waals surface area contributed by atoms with Gasteiger partial charge in [0.15, 0.2) is 9.84 Å².